The summed E-state index contributed by atoms with van der Waals surface area (Å²) in [5.41, 5.74) is 5.94. The Hall–Kier alpha value is -0.110. The van der Waals surface area contributed by atoms with Gasteiger partial charge in [0, 0.05) is 0 Å². The first-order valence-corrected chi connectivity index (χ1v) is 4.09. The van der Waals surface area contributed by atoms with Crippen LogP contribution in [0.3, 0.4) is 0 Å². The van der Waals surface area contributed by atoms with Crippen LogP contribution in [0.5, 0.6) is 0 Å². The van der Waals surface area contributed by atoms with Gasteiger partial charge in [0.05, 0.1) is 6.67 Å². The average Bonchev–Trinajstić information content (AvgIpc) is 1.87. The molecule has 0 amide bonds. The van der Waals surface area contributed by atoms with E-state index in [0.717, 1.165) is 13.0 Å². The van der Waals surface area contributed by atoms with E-state index in [0.29, 0.717) is 11.8 Å². The summed E-state index contributed by atoms with van der Waals surface area (Å²) in [4.78, 5) is 0. The number of rotatable bonds is 4. The lowest BCUT2D eigenvalue weighted by Gasteiger charge is -2.41. The van der Waals surface area contributed by atoms with Gasteiger partial charge < -0.3 is 5.73 Å². The minimum absolute atomic E-state index is 0.179. The topological polar surface area (TPSA) is 26.0 Å². The highest BCUT2D eigenvalue weighted by Gasteiger charge is 2.34. The summed E-state index contributed by atoms with van der Waals surface area (Å²) in [5.74, 6) is 0. The molecular formula is C8H16FN. The van der Waals surface area contributed by atoms with Gasteiger partial charge in [0.25, 0.3) is 0 Å². The van der Waals surface area contributed by atoms with Crippen LogP contribution in [0, 0.1) is 5.41 Å². The van der Waals surface area contributed by atoms with Crippen molar-refractivity contribution in [1.82, 2.24) is 0 Å². The second-order valence-corrected chi connectivity index (χ2v) is 3.35. The summed E-state index contributed by atoms with van der Waals surface area (Å²) in [7, 11) is 0. The van der Waals surface area contributed by atoms with Gasteiger partial charge in [0.15, 0.2) is 0 Å². The first kappa shape index (κ1) is 7.99. The van der Waals surface area contributed by atoms with E-state index in [1.807, 2.05) is 0 Å². The smallest absolute Gasteiger partial charge is 0.0894 e. The Balaban J connectivity index is 2.20. The fourth-order valence-corrected chi connectivity index (χ4v) is 1.67. The van der Waals surface area contributed by atoms with Gasteiger partial charge in [-0.2, -0.15) is 0 Å². The molecule has 0 aromatic carbocycles. The van der Waals surface area contributed by atoms with Gasteiger partial charge in [-0.15, -0.1) is 0 Å². The van der Waals surface area contributed by atoms with Gasteiger partial charge in [-0.25, -0.2) is 0 Å². The maximum absolute atomic E-state index is 11.8. The third-order valence-electron chi connectivity index (χ3n) is 2.69. The SMILES string of the molecule is NCC1(CCCF)CCC1. The Labute approximate surface area is 61.8 Å². The second-order valence-electron chi connectivity index (χ2n) is 3.35. The van der Waals surface area contributed by atoms with Crippen LogP contribution in [0.15, 0.2) is 0 Å². The van der Waals surface area contributed by atoms with Gasteiger partial charge in [-0.3, -0.25) is 4.39 Å². The van der Waals surface area contributed by atoms with Gasteiger partial charge in [-0.1, -0.05) is 6.42 Å². The van der Waals surface area contributed by atoms with Crippen LogP contribution in [-0.2, 0) is 0 Å². The second kappa shape index (κ2) is 3.33. The molecule has 60 valence electrons. The van der Waals surface area contributed by atoms with Crippen molar-refractivity contribution in [2.24, 2.45) is 11.1 Å². The fraction of sp³-hybridized carbons (Fsp3) is 1.00. The largest absolute Gasteiger partial charge is 0.330 e. The molecule has 1 fully saturated rings. The van der Waals surface area contributed by atoms with E-state index < -0.39 is 0 Å². The van der Waals surface area contributed by atoms with Crippen molar-refractivity contribution >= 4 is 0 Å². The Morgan fingerprint density at radius 3 is 2.40 bits per heavy atom. The molecular weight excluding hydrogens is 129 g/mol. The van der Waals surface area contributed by atoms with Crippen molar-refractivity contribution in [3.63, 3.8) is 0 Å². The van der Waals surface area contributed by atoms with Crippen molar-refractivity contribution in [2.75, 3.05) is 13.2 Å². The van der Waals surface area contributed by atoms with Crippen LogP contribution in [0.25, 0.3) is 0 Å². The van der Waals surface area contributed by atoms with E-state index in [1.165, 1.54) is 19.3 Å². The average molecular weight is 145 g/mol. The molecule has 0 atom stereocenters. The molecule has 1 aliphatic carbocycles. The van der Waals surface area contributed by atoms with E-state index in [9.17, 15) is 4.39 Å². The Bertz CT molecular complexity index is 93.9. The van der Waals surface area contributed by atoms with Crippen molar-refractivity contribution in [2.45, 2.75) is 32.1 Å². The standard InChI is InChI=1S/C8H16FN/c9-6-2-5-8(7-10)3-1-4-8/h1-7,10H2. The quantitative estimate of drug-likeness (QED) is 0.642. The molecule has 0 aliphatic heterocycles. The molecule has 0 saturated heterocycles. The van der Waals surface area contributed by atoms with E-state index in [-0.39, 0.29) is 6.67 Å². The number of halogens is 1. The van der Waals surface area contributed by atoms with E-state index >= 15 is 0 Å². The van der Waals surface area contributed by atoms with Crippen LogP contribution in [0.4, 0.5) is 4.39 Å². The lowest BCUT2D eigenvalue weighted by Crippen LogP contribution is -2.37. The zero-order valence-electron chi connectivity index (χ0n) is 6.41. The molecule has 0 bridgehead atoms. The van der Waals surface area contributed by atoms with E-state index in [1.54, 1.807) is 0 Å². The molecule has 1 rings (SSSR count). The minimum atomic E-state index is -0.179. The fourth-order valence-electron chi connectivity index (χ4n) is 1.67. The van der Waals surface area contributed by atoms with Crippen molar-refractivity contribution < 1.29 is 4.39 Å². The molecule has 2 heteroatoms. The van der Waals surface area contributed by atoms with Gasteiger partial charge in [0.2, 0.25) is 0 Å². The van der Waals surface area contributed by atoms with Crippen molar-refractivity contribution in [1.29, 1.82) is 0 Å². The first-order valence-electron chi connectivity index (χ1n) is 4.09. The summed E-state index contributed by atoms with van der Waals surface area (Å²) >= 11 is 0. The summed E-state index contributed by atoms with van der Waals surface area (Å²) < 4.78 is 11.8. The molecule has 2 N–H and O–H groups in total. The van der Waals surface area contributed by atoms with Crippen molar-refractivity contribution in [3.8, 4) is 0 Å². The lowest BCUT2D eigenvalue weighted by molar-refractivity contribution is 0.123. The normalized spacial score (nSPS) is 22.2. The third kappa shape index (κ3) is 1.48. The van der Waals surface area contributed by atoms with Crippen LogP contribution < -0.4 is 5.73 Å². The number of alkyl halides is 1. The zero-order valence-corrected chi connectivity index (χ0v) is 6.41. The van der Waals surface area contributed by atoms with Crippen LogP contribution >= 0.6 is 0 Å². The lowest BCUT2D eigenvalue weighted by atomic mass is 9.66. The molecule has 1 aliphatic rings. The molecule has 0 unspecified atom stereocenters. The Morgan fingerprint density at radius 1 is 1.40 bits per heavy atom. The predicted octanol–water partition coefficient (Wildman–Crippen LogP) is 1.87. The Kier molecular flexibility index (Phi) is 2.66. The third-order valence-corrected chi connectivity index (χ3v) is 2.69. The maximum atomic E-state index is 11.8. The molecule has 10 heavy (non-hydrogen) atoms. The first-order chi connectivity index (χ1) is 4.83. The number of hydrogen-bond donors (Lipinski definition) is 1. The van der Waals surface area contributed by atoms with Gasteiger partial charge in [0.1, 0.15) is 0 Å². The summed E-state index contributed by atoms with van der Waals surface area (Å²) in [5, 5.41) is 0. The van der Waals surface area contributed by atoms with Gasteiger partial charge in [-0.05, 0) is 37.6 Å². The maximum Gasteiger partial charge on any atom is 0.0894 e. The van der Waals surface area contributed by atoms with Crippen LogP contribution in [0.2, 0.25) is 0 Å². The molecule has 0 radical (unpaired) electrons. The van der Waals surface area contributed by atoms with Crippen LogP contribution in [-0.4, -0.2) is 13.2 Å². The summed E-state index contributed by atoms with van der Waals surface area (Å²) in [6.07, 6.45) is 5.45. The zero-order chi connectivity index (χ0) is 7.45. The minimum Gasteiger partial charge on any atom is -0.330 e. The van der Waals surface area contributed by atoms with E-state index in [4.69, 9.17) is 5.73 Å². The number of hydrogen-bond acceptors (Lipinski definition) is 1. The summed E-state index contributed by atoms with van der Waals surface area (Å²) in [6, 6.07) is 0. The van der Waals surface area contributed by atoms with Crippen molar-refractivity contribution in [3.05, 3.63) is 0 Å². The van der Waals surface area contributed by atoms with Crippen LogP contribution in [0.1, 0.15) is 32.1 Å². The highest BCUT2D eigenvalue weighted by Crippen LogP contribution is 2.43. The monoisotopic (exact) mass is 145 g/mol. The molecule has 0 spiro atoms. The highest BCUT2D eigenvalue weighted by molar-refractivity contribution is 4.88. The molecule has 1 nitrogen and oxygen atoms in total. The Morgan fingerprint density at radius 2 is 2.10 bits per heavy atom. The summed E-state index contributed by atoms with van der Waals surface area (Å²) in [6.45, 7) is 0.578. The molecule has 0 heterocycles. The van der Waals surface area contributed by atoms with E-state index in [2.05, 4.69) is 0 Å². The molecule has 1 saturated carbocycles. The highest BCUT2D eigenvalue weighted by atomic mass is 19.1. The van der Waals surface area contributed by atoms with Gasteiger partial charge >= 0.3 is 0 Å². The molecule has 0 aromatic heterocycles. The number of nitrogens with two attached hydrogens (primary N) is 1. The molecule has 0 aromatic rings. The predicted molar refractivity (Wildman–Crippen MR) is 40.5 cm³/mol.